The highest BCUT2D eigenvalue weighted by Gasteiger charge is 2.10. The average molecular weight is 281 g/mol. The van der Waals surface area contributed by atoms with Crippen LogP contribution < -0.4 is 20.5 Å². The largest absolute Gasteiger partial charge is 0.495 e. The number of rotatable bonds is 4. The Bertz CT molecular complexity index is 575. The second kappa shape index (κ2) is 5.62. The van der Waals surface area contributed by atoms with Crippen molar-refractivity contribution < 1.29 is 9.47 Å². The summed E-state index contributed by atoms with van der Waals surface area (Å²) in [6, 6.07) is 6.74. The van der Waals surface area contributed by atoms with Crippen LogP contribution in [0.25, 0.3) is 0 Å². The minimum absolute atomic E-state index is 0.353. The molecule has 0 aliphatic rings. The van der Waals surface area contributed by atoms with E-state index in [4.69, 9.17) is 26.8 Å². The van der Waals surface area contributed by atoms with Crippen LogP contribution in [0.1, 0.15) is 0 Å². The van der Waals surface area contributed by atoms with E-state index in [9.17, 15) is 0 Å². The first kappa shape index (κ1) is 13.2. The van der Waals surface area contributed by atoms with E-state index in [-0.39, 0.29) is 0 Å². The van der Waals surface area contributed by atoms with Crippen LogP contribution in [0.3, 0.4) is 0 Å². The number of ether oxygens (including phenoxy) is 2. The van der Waals surface area contributed by atoms with Gasteiger partial charge in [0.25, 0.3) is 0 Å². The van der Waals surface area contributed by atoms with E-state index in [2.05, 4.69) is 15.5 Å². The SMILES string of the molecule is COc1cc(Nc2ccc(N)nn2)c(OC)cc1Cl. The molecular weight excluding hydrogens is 268 g/mol. The van der Waals surface area contributed by atoms with Gasteiger partial charge in [0, 0.05) is 12.1 Å². The lowest BCUT2D eigenvalue weighted by Crippen LogP contribution is -2.00. The van der Waals surface area contributed by atoms with E-state index < -0.39 is 0 Å². The van der Waals surface area contributed by atoms with Crippen LogP contribution in [-0.2, 0) is 0 Å². The van der Waals surface area contributed by atoms with Gasteiger partial charge in [-0.15, -0.1) is 10.2 Å². The number of nitrogen functional groups attached to an aromatic ring is 1. The van der Waals surface area contributed by atoms with Gasteiger partial charge in [-0.3, -0.25) is 0 Å². The Morgan fingerprint density at radius 3 is 2.42 bits per heavy atom. The molecule has 6 nitrogen and oxygen atoms in total. The van der Waals surface area contributed by atoms with Crippen LogP contribution >= 0.6 is 11.6 Å². The molecule has 0 unspecified atom stereocenters. The topological polar surface area (TPSA) is 82.3 Å². The van der Waals surface area contributed by atoms with Gasteiger partial charge in [0.2, 0.25) is 0 Å². The number of aromatic nitrogens is 2. The van der Waals surface area contributed by atoms with Crippen LogP contribution in [0, 0.1) is 0 Å². The van der Waals surface area contributed by atoms with Crippen LogP contribution in [0.2, 0.25) is 5.02 Å². The number of nitrogens with one attached hydrogen (secondary N) is 1. The summed E-state index contributed by atoms with van der Waals surface area (Å²) in [5.41, 5.74) is 6.15. The normalized spacial score (nSPS) is 10.1. The van der Waals surface area contributed by atoms with Gasteiger partial charge in [0.05, 0.1) is 24.9 Å². The van der Waals surface area contributed by atoms with Gasteiger partial charge in [0.15, 0.2) is 5.82 Å². The van der Waals surface area contributed by atoms with Gasteiger partial charge in [0.1, 0.15) is 17.3 Å². The first-order valence-corrected chi connectivity index (χ1v) is 5.79. The highest BCUT2D eigenvalue weighted by Crippen LogP contribution is 2.36. The van der Waals surface area contributed by atoms with Gasteiger partial charge in [-0.2, -0.15) is 0 Å². The van der Waals surface area contributed by atoms with Crippen molar-refractivity contribution in [3.63, 3.8) is 0 Å². The zero-order valence-corrected chi connectivity index (χ0v) is 11.2. The summed E-state index contributed by atoms with van der Waals surface area (Å²) in [4.78, 5) is 0. The van der Waals surface area contributed by atoms with Gasteiger partial charge >= 0.3 is 0 Å². The second-order valence-corrected chi connectivity index (χ2v) is 4.06. The number of hydrogen-bond donors (Lipinski definition) is 2. The molecule has 1 aromatic carbocycles. The van der Waals surface area contributed by atoms with E-state index in [1.165, 1.54) is 0 Å². The van der Waals surface area contributed by atoms with E-state index in [1.807, 2.05) is 0 Å². The fraction of sp³-hybridized carbons (Fsp3) is 0.167. The number of benzene rings is 1. The summed E-state index contributed by atoms with van der Waals surface area (Å²) >= 11 is 6.03. The van der Waals surface area contributed by atoms with Crippen molar-refractivity contribution in [3.05, 3.63) is 29.3 Å². The molecule has 2 aromatic rings. The predicted molar refractivity (Wildman–Crippen MR) is 74.3 cm³/mol. The van der Waals surface area contributed by atoms with Crippen molar-refractivity contribution >= 4 is 28.9 Å². The van der Waals surface area contributed by atoms with Crippen LogP contribution in [0.15, 0.2) is 24.3 Å². The van der Waals surface area contributed by atoms with Crippen LogP contribution in [0.4, 0.5) is 17.3 Å². The van der Waals surface area contributed by atoms with Crippen molar-refractivity contribution in [2.75, 3.05) is 25.3 Å². The lowest BCUT2D eigenvalue weighted by molar-refractivity contribution is 0.405. The Hall–Kier alpha value is -2.21. The number of methoxy groups -OCH3 is 2. The molecule has 0 bridgehead atoms. The molecule has 0 spiro atoms. The first-order chi connectivity index (χ1) is 9.13. The molecule has 0 aliphatic heterocycles. The maximum Gasteiger partial charge on any atom is 0.153 e. The Labute approximate surface area is 115 Å². The smallest absolute Gasteiger partial charge is 0.153 e. The predicted octanol–water partition coefficient (Wildman–Crippen LogP) is 2.47. The molecule has 0 amide bonds. The maximum atomic E-state index is 6.03. The molecule has 0 radical (unpaired) electrons. The third-order valence-corrected chi connectivity index (χ3v) is 2.72. The molecule has 2 rings (SSSR count). The Morgan fingerprint density at radius 2 is 1.84 bits per heavy atom. The standard InChI is InChI=1S/C12H13ClN4O2/c1-18-9-6-8(10(19-2)5-7(9)13)15-12-4-3-11(14)16-17-12/h3-6H,1-2H3,(H2,14,16)(H,15,17). The first-order valence-electron chi connectivity index (χ1n) is 5.41. The number of nitrogens with two attached hydrogens (primary N) is 1. The minimum Gasteiger partial charge on any atom is -0.495 e. The number of anilines is 3. The molecular formula is C12H13ClN4O2. The summed E-state index contributed by atoms with van der Waals surface area (Å²) in [6.45, 7) is 0. The maximum absolute atomic E-state index is 6.03. The fourth-order valence-corrected chi connectivity index (χ4v) is 1.74. The molecule has 3 N–H and O–H groups in total. The second-order valence-electron chi connectivity index (χ2n) is 3.66. The monoisotopic (exact) mass is 280 g/mol. The minimum atomic E-state index is 0.353. The number of halogens is 1. The van der Waals surface area contributed by atoms with Gasteiger partial charge in [-0.1, -0.05) is 11.6 Å². The van der Waals surface area contributed by atoms with Gasteiger partial charge < -0.3 is 20.5 Å². The van der Waals surface area contributed by atoms with Gasteiger partial charge in [-0.25, -0.2) is 0 Å². The zero-order chi connectivity index (χ0) is 13.8. The molecule has 1 aromatic heterocycles. The number of hydrogen-bond acceptors (Lipinski definition) is 6. The van der Waals surface area contributed by atoms with Gasteiger partial charge in [-0.05, 0) is 12.1 Å². The lowest BCUT2D eigenvalue weighted by atomic mass is 10.2. The van der Waals surface area contributed by atoms with Crippen molar-refractivity contribution in [3.8, 4) is 11.5 Å². The average Bonchev–Trinajstić information content (AvgIpc) is 2.42. The molecule has 19 heavy (non-hydrogen) atoms. The van der Waals surface area contributed by atoms with E-state index >= 15 is 0 Å². The van der Waals surface area contributed by atoms with E-state index in [0.29, 0.717) is 33.8 Å². The summed E-state index contributed by atoms with van der Waals surface area (Å²) in [6.07, 6.45) is 0. The lowest BCUT2D eigenvalue weighted by Gasteiger charge is -2.13. The Kier molecular flexibility index (Phi) is 3.91. The van der Waals surface area contributed by atoms with Crippen molar-refractivity contribution in [2.24, 2.45) is 0 Å². The Morgan fingerprint density at radius 1 is 1.11 bits per heavy atom. The van der Waals surface area contributed by atoms with Crippen molar-refractivity contribution in [1.82, 2.24) is 10.2 Å². The third kappa shape index (κ3) is 2.97. The zero-order valence-electron chi connectivity index (χ0n) is 10.5. The quantitative estimate of drug-likeness (QED) is 0.895. The van der Waals surface area contributed by atoms with Crippen LogP contribution in [0.5, 0.6) is 11.5 Å². The third-order valence-electron chi connectivity index (χ3n) is 2.42. The summed E-state index contributed by atoms with van der Waals surface area (Å²) < 4.78 is 10.4. The molecule has 0 fully saturated rings. The molecule has 0 saturated carbocycles. The highest BCUT2D eigenvalue weighted by molar-refractivity contribution is 6.32. The summed E-state index contributed by atoms with van der Waals surface area (Å²) in [7, 11) is 3.10. The van der Waals surface area contributed by atoms with E-state index in [1.54, 1.807) is 38.5 Å². The summed E-state index contributed by atoms with van der Waals surface area (Å²) in [5, 5.41) is 11.2. The fourth-order valence-electron chi connectivity index (χ4n) is 1.51. The molecule has 7 heteroatoms. The molecule has 0 saturated heterocycles. The molecule has 100 valence electrons. The van der Waals surface area contributed by atoms with Crippen LogP contribution in [-0.4, -0.2) is 24.4 Å². The molecule has 0 aliphatic carbocycles. The summed E-state index contributed by atoms with van der Waals surface area (Å²) in [5.74, 6) is 2.00. The number of nitrogens with zero attached hydrogens (tertiary/aromatic N) is 2. The molecule has 0 atom stereocenters. The van der Waals surface area contributed by atoms with Crippen molar-refractivity contribution in [1.29, 1.82) is 0 Å². The Balaban J connectivity index is 2.35. The van der Waals surface area contributed by atoms with Crippen molar-refractivity contribution in [2.45, 2.75) is 0 Å². The van der Waals surface area contributed by atoms with E-state index in [0.717, 1.165) is 0 Å². The molecule has 1 heterocycles. The highest BCUT2D eigenvalue weighted by atomic mass is 35.5.